The Morgan fingerprint density at radius 1 is 1.30 bits per heavy atom. The predicted molar refractivity (Wildman–Crippen MR) is 91.3 cm³/mol. The van der Waals surface area contributed by atoms with Crippen molar-refractivity contribution in [2.24, 2.45) is 0 Å². The monoisotopic (exact) mass is 328 g/mol. The highest BCUT2D eigenvalue weighted by Crippen LogP contribution is 2.32. The third-order valence-electron chi connectivity index (χ3n) is 4.05. The van der Waals surface area contributed by atoms with E-state index in [1.54, 1.807) is 11.8 Å². The van der Waals surface area contributed by atoms with E-state index < -0.39 is 0 Å². The van der Waals surface area contributed by atoms with Gasteiger partial charge in [0.1, 0.15) is 6.61 Å². The number of rotatable bonds is 4. The Hall–Kier alpha value is -2.01. The van der Waals surface area contributed by atoms with Crippen molar-refractivity contribution < 1.29 is 9.53 Å². The molecule has 4 nitrogen and oxygen atoms in total. The van der Waals surface area contributed by atoms with Crippen LogP contribution in [0.25, 0.3) is 0 Å². The molecule has 0 spiro atoms. The van der Waals surface area contributed by atoms with Gasteiger partial charge in [-0.2, -0.15) is 0 Å². The number of pyridine rings is 1. The third kappa shape index (κ3) is 3.85. The van der Waals surface area contributed by atoms with Crippen LogP contribution in [0.2, 0.25) is 0 Å². The fourth-order valence-electron chi connectivity index (χ4n) is 2.84. The molecule has 0 N–H and O–H groups in total. The summed E-state index contributed by atoms with van der Waals surface area (Å²) in [6.07, 6.45) is 5.59. The third-order valence-corrected chi connectivity index (χ3v) is 4.71. The van der Waals surface area contributed by atoms with Gasteiger partial charge >= 0.3 is 6.09 Å². The summed E-state index contributed by atoms with van der Waals surface area (Å²) in [6, 6.07) is 13.9. The van der Waals surface area contributed by atoms with Crippen LogP contribution in [0.5, 0.6) is 0 Å². The number of hydrogen-bond acceptors (Lipinski definition) is 4. The van der Waals surface area contributed by atoms with E-state index in [4.69, 9.17) is 4.74 Å². The van der Waals surface area contributed by atoms with Crippen molar-refractivity contribution in [3.63, 3.8) is 0 Å². The van der Waals surface area contributed by atoms with Gasteiger partial charge in [-0.3, -0.25) is 0 Å². The summed E-state index contributed by atoms with van der Waals surface area (Å²) < 4.78 is 5.47. The van der Waals surface area contributed by atoms with E-state index in [2.05, 4.69) is 11.1 Å². The van der Waals surface area contributed by atoms with Crippen LogP contribution in [0.3, 0.4) is 0 Å². The molecule has 1 saturated heterocycles. The van der Waals surface area contributed by atoms with E-state index in [1.807, 2.05) is 53.8 Å². The summed E-state index contributed by atoms with van der Waals surface area (Å²) in [6.45, 7) is 1.05. The Morgan fingerprint density at radius 3 is 2.83 bits per heavy atom. The number of carbonyl (C=O) groups excluding carboxylic acids is 1. The van der Waals surface area contributed by atoms with Crippen molar-refractivity contribution in [1.29, 1.82) is 0 Å². The first-order chi connectivity index (χ1) is 11.3. The lowest BCUT2D eigenvalue weighted by molar-refractivity contribution is 0.0920. The molecule has 1 aromatic carbocycles. The van der Waals surface area contributed by atoms with E-state index in [1.165, 1.54) is 0 Å². The number of aromatic nitrogens is 1. The van der Waals surface area contributed by atoms with Gasteiger partial charge in [-0.1, -0.05) is 36.4 Å². The maximum Gasteiger partial charge on any atom is 0.410 e. The van der Waals surface area contributed by atoms with E-state index >= 15 is 0 Å². The Morgan fingerprint density at radius 2 is 2.13 bits per heavy atom. The summed E-state index contributed by atoms with van der Waals surface area (Å²) in [7, 11) is 0. The van der Waals surface area contributed by atoms with Crippen molar-refractivity contribution in [3.8, 4) is 0 Å². The first kappa shape index (κ1) is 15.9. The topological polar surface area (TPSA) is 42.4 Å². The minimum Gasteiger partial charge on any atom is -0.445 e. The standard InChI is InChI=1S/C18H20N2O2S/c1-23-17-10-9-15(12-19-17)16-8-5-11-20(16)18(21)22-13-14-6-3-2-4-7-14/h2-4,6-7,9-10,12,16H,5,8,11,13H2,1H3/t16-/m0/s1. The highest BCUT2D eigenvalue weighted by Gasteiger charge is 2.31. The van der Waals surface area contributed by atoms with Crippen LogP contribution in [0.1, 0.15) is 30.0 Å². The van der Waals surface area contributed by atoms with Gasteiger partial charge in [-0.25, -0.2) is 9.78 Å². The Kier molecular flexibility index (Phi) is 5.18. The predicted octanol–water partition coefficient (Wildman–Crippen LogP) is 4.28. The summed E-state index contributed by atoms with van der Waals surface area (Å²) in [5.74, 6) is 0. The summed E-state index contributed by atoms with van der Waals surface area (Å²) >= 11 is 1.62. The number of ether oxygens (including phenoxy) is 1. The second-order valence-corrected chi connectivity index (χ2v) is 6.35. The molecule has 1 aliphatic rings. The fourth-order valence-corrected chi connectivity index (χ4v) is 3.21. The highest BCUT2D eigenvalue weighted by atomic mass is 32.2. The second kappa shape index (κ2) is 7.51. The van der Waals surface area contributed by atoms with Gasteiger partial charge in [0, 0.05) is 12.7 Å². The summed E-state index contributed by atoms with van der Waals surface area (Å²) in [5.41, 5.74) is 2.08. The largest absolute Gasteiger partial charge is 0.445 e. The van der Waals surface area contributed by atoms with Gasteiger partial charge in [0.2, 0.25) is 0 Å². The van der Waals surface area contributed by atoms with E-state index in [0.717, 1.165) is 35.5 Å². The molecule has 0 unspecified atom stereocenters. The molecule has 0 aliphatic carbocycles. The van der Waals surface area contributed by atoms with Crippen LogP contribution in [0.4, 0.5) is 4.79 Å². The molecule has 1 amide bonds. The molecule has 120 valence electrons. The highest BCUT2D eigenvalue weighted by molar-refractivity contribution is 7.98. The van der Waals surface area contributed by atoms with Crippen LogP contribution in [-0.2, 0) is 11.3 Å². The Bertz CT molecular complexity index is 646. The van der Waals surface area contributed by atoms with Crippen LogP contribution in [0.15, 0.2) is 53.7 Å². The minimum atomic E-state index is -0.245. The molecule has 2 heterocycles. The molecule has 2 aromatic rings. The zero-order chi connectivity index (χ0) is 16.1. The molecule has 1 aliphatic heterocycles. The van der Waals surface area contributed by atoms with Crippen molar-refractivity contribution >= 4 is 17.9 Å². The van der Waals surface area contributed by atoms with Gasteiger partial charge in [-0.05, 0) is 36.3 Å². The van der Waals surface area contributed by atoms with E-state index in [-0.39, 0.29) is 12.1 Å². The second-order valence-electron chi connectivity index (χ2n) is 5.53. The SMILES string of the molecule is CSc1ccc([C@@H]2CCCN2C(=O)OCc2ccccc2)cn1. The Balaban J connectivity index is 1.64. The average molecular weight is 328 g/mol. The number of likely N-dealkylation sites (tertiary alicyclic amines) is 1. The maximum atomic E-state index is 12.4. The average Bonchev–Trinajstić information content (AvgIpc) is 3.10. The zero-order valence-corrected chi connectivity index (χ0v) is 14.0. The van der Waals surface area contributed by atoms with E-state index in [9.17, 15) is 4.79 Å². The van der Waals surface area contributed by atoms with Crippen molar-refractivity contribution in [1.82, 2.24) is 9.88 Å². The fraction of sp³-hybridized carbons (Fsp3) is 0.333. The molecule has 5 heteroatoms. The number of carbonyl (C=O) groups is 1. The quantitative estimate of drug-likeness (QED) is 0.786. The molecule has 1 atom stereocenters. The van der Waals surface area contributed by atoms with Gasteiger partial charge in [0.15, 0.2) is 0 Å². The maximum absolute atomic E-state index is 12.4. The summed E-state index contributed by atoms with van der Waals surface area (Å²) in [4.78, 5) is 18.6. The normalized spacial score (nSPS) is 17.3. The van der Waals surface area contributed by atoms with Crippen LogP contribution in [0, 0.1) is 0 Å². The number of hydrogen-bond donors (Lipinski definition) is 0. The lowest BCUT2D eigenvalue weighted by Crippen LogP contribution is -2.31. The molecule has 3 rings (SSSR count). The molecular weight excluding hydrogens is 308 g/mol. The first-order valence-electron chi connectivity index (χ1n) is 7.75. The number of benzene rings is 1. The first-order valence-corrected chi connectivity index (χ1v) is 8.97. The lowest BCUT2D eigenvalue weighted by Gasteiger charge is -2.24. The number of thioether (sulfide) groups is 1. The van der Waals surface area contributed by atoms with Gasteiger partial charge < -0.3 is 9.64 Å². The van der Waals surface area contributed by atoms with Gasteiger partial charge in [0.05, 0.1) is 11.1 Å². The van der Waals surface area contributed by atoms with Crippen LogP contribution in [-0.4, -0.2) is 28.8 Å². The molecule has 23 heavy (non-hydrogen) atoms. The van der Waals surface area contributed by atoms with Gasteiger partial charge in [0.25, 0.3) is 0 Å². The zero-order valence-electron chi connectivity index (χ0n) is 13.1. The molecule has 1 fully saturated rings. The molecule has 0 saturated carbocycles. The lowest BCUT2D eigenvalue weighted by atomic mass is 10.1. The van der Waals surface area contributed by atoms with Crippen LogP contribution < -0.4 is 0 Å². The molecule has 0 radical (unpaired) electrons. The summed E-state index contributed by atoms with van der Waals surface area (Å²) in [5, 5.41) is 0.991. The van der Waals surface area contributed by atoms with Crippen LogP contribution >= 0.6 is 11.8 Å². The molecular formula is C18H20N2O2S. The molecule has 0 bridgehead atoms. The van der Waals surface area contributed by atoms with Crippen molar-refractivity contribution in [2.75, 3.05) is 12.8 Å². The van der Waals surface area contributed by atoms with E-state index in [0.29, 0.717) is 6.61 Å². The Labute approximate surface area is 140 Å². The number of nitrogens with zero attached hydrogens (tertiary/aromatic N) is 2. The van der Waals surface area contributed by atoms with Crippen molar-refractivity contribution in [3.05, 3.63) is 59.8 Å². The minimum absolute atomic E-state index is 0.0710. The molecule has 1 aromatic heterocycles. The van der Waals surface area contributed by atoms with Crippen molar-refractivity contribution in [2.45, 2.75) is 30.5 Å². The smallest absolute Gasteiger partial charge is 0.410 e. The number of amides is 1. The van der Waals surface area contributed by atoms with Gasteiger partial charge in [-0.15, -0.1) is 11.8 Å².